The van der Waals surface area contributed by atoms with Crippen LogP contribution in [0.2, 0.25) is 0 Å². The van der Waals surface area contributed by atoms with E-state index >= 15 is 0 Å². The number of aromatic nitrogens is 1. The van der Waals surface area contributed by atoms with E-state index < -0.39 is 0 Å². The number of methoxy groups -OCH3 is 1. The second kappa shape index (κ2) is 5.43. The zero-order valence-corrected chi connectivity index (χ0v) is 12.1. The third-order valence-corrected chi connectivity index (χ3v) is 5.01. The third-order valence-electron chi connectivity index (χ3n) is 5.01. The van der Waals surface area contributed by atoms with Gasteiger partial charge < -0.3 is 10.1 Å². The first-order valence-electron chi connectivity index (χ1n) is 7.49. The molecule has 2 saturated carbocycles. The van der Waals surface area contributed by atoms with E-state index in [1.807, 2.05) is 0 Å². The van der Waals surface area contributed by atoms with Gasteiger partial charge in [-0.3, -0.25) is 0 Å². The van der Waals surface area contributed by atoms with Gasteiger partial charge in [0.2, 0.25) is 0 Å². The second-order valence-electron chi connectivity index (χ2n) is 6.16. The highest BCUT2D eigenvalue weighted by Crippen LogP contribution is 2.49. The van der Waals surface area contributed by atoms with Crippen LogP contribution in [0.4, 0.5) is 5.82 Å². The zero-order chi connectivity index (χ0) is 14.1. The molecular formula is C16H22N2O2. The van der Waals surface area contributed by atoms with Gasteiger partial charge in [-0.05, 0) is 56.1 Å². The maximum atomic E-state index is 11.8. The quantitative estimate of drug-likeness (QED) is 0.857. The molecule has 1 N–H and O–H groups in total. The van der Waals surface area contributed by atoms with E-state index in [2.05, 4.69) is 17.2 Å². The molecule has 108 valence electrons. The number of nitrogens with zero attached hydrogens (tertiary/aromatic N) is 1. The molecule has 1 aromatic heterocycles. The molecule has 4 unspecified atom stereocenters. The number of fused-ring (bicyclic) bond motifs is 2. The van der Waals surface area contributed by atoms with Gasteiger partial charge in [0.05, 0.1) is 7.11 Å². The summed E-state index contributed by atoms with van der Waals surface area (Å²) in [5, 5.41) is 3.44. The van der Waals surface area contributed by atoms with Crippen molar-refractivity contribution in [1.29, 1.82) is 0 Å². The van der Waals surface area contributed by atoms with Gasteiger partial charge >= 0.3 is 5.97 Å². The fourth-order valence-electron chi connectivity index (χ4n) is 4.02. The van der Waals surface area contributed by atoms with Crippen molar-refractivity contribution < 1.29 is 9.53 Å². The maximum absolute atomic E-state index is 11.8. The molecule has 2 aliphatic carbocycles. The molecule has 1 heterocycles. The normalized spacial score (nSPS) is 29.2. The van der Waals surface area contributed by atoms with Crippen molar-refractivity contribution in [2.45, 2.75) is 38.6 Å². The highest BCUT2D eigenvalue weighted by molar-refractivity contribution is 5.94. The number of nitrogens with one attached hydrogen (secondary N) is 1. The molecular weight excluding hydrogens is 252 g/mol. The average Bonchev–Trinajstić information content (AvgIpc) is 3.09. The summed E-state index contributed by atoms with van der Waals surface area (Å²) in [7, 11) is 1.40. The van der Waals surface area contributed by atoms with Crippen molar-refractivity contribution in [1.82, 2.24) is 4.98 Å². The molecule has 20 heavy (non-hydrogen) atoms. The van der Waals surface area contributed by atoms with Crippen LogP contribution in [0, 0.1) is 17.8 Å². The Labute approximate surface area is 119 Å². The number of carbonyl (C=O) groups is 1. The highest BCUT2D eigenvalue weighted by atomic mass is 16.5. The van der Waals surface area contributed by atoms with Crippen LogP contribution in [0.25, 0.3) is 0 Å². The topological polar surface area (TPSA) is 51.2 Å². The monoisotopic (exact) mass is 274 g/mol. The first-order valence-corrected chi connectivity index (χ1v) is 7.49. The third kappa shape index (κ3) is 2.39. The predicted octanol–water partition coefficient (Wildman–Crippen LogP) is 3.10. The Morgan fingerprint density at radius 3 is 2.95 bits per heavy atom. The summed E-state index contributed by atoms with van der Waals surface area (Å²) in [6, 6.07) is 3.87. The lowest BCUT2D eigenvalue weighted by atomic mass is 9.84. The van der Waals surface area contributed by atoms with Gasteiger partial charge in [-0.25, -0.2) is 9.78 Å². The molecule has 4 nitrogen and oxygen atoms in total. The van der Waals surface area contributed by atoms with E-state index in [0.29, 0.717) is 23.3 Å². The van der Waals surface area contributed by atoms with Crippen molar-refractivity contribution >= 4 is 11.8 Å². The number of hydrogen-bond acceptors (Lipinski definition) is 4. The van der Waals surface area contributed by atoms with Gasteiger partial charge in [0.15, 0.2) is 0 Å². The molecule has 0 aliphatic heterocycles. The van der Waals surface area contributed by atoms with Crippen molar-refractivity contribution in [2.24, 2.45) is 17.8 Å². The zero-order valence-electron chi connectivity index (χ0n) is 12.1. The molecule has 0 aromatic carbocycles. The van der Waals surface area contributed by atoms with Gasteiger partial charge in [-0.1, -0.05) is 6.42 Å². The maximum Gasteiger partial charge on any atom is 0.341 e. The first kappa shape index (κ1) is 13.4. The van der Waals surface area contributed by atoms with Crippen LogP contribution < -0.4 is 5.32 Å². The minimum atomic E-state index is -0.333. The molecule has 0 radical (unpaired) electrons. The Morgan fingerprint density at radius 2 is 2.30 bits per heavy atom. The molecule has 4 heteroatoms. The number of rotatable bonds is 4. The fraction of sp³-hybridized carbons (Fsp3) is 0.625. The van der Waals surface area contributed by atoms with Gasteiger partial charge in [0.25, 0.3) is 0 Å². The molecule has 2 bridgehead atoms. The van der Waals surface area contributed by atoms with E-state index in [4.69, 9.17) is 4.74 Å². The minimum absolute atomic E-state index is 0.333. The van der Waals surface area contributed by atoms with Crippen LogP contribution in [0.15, 0.2) is 18.3 Å². The summed E-state index contributed by atoms with van der Waals surface area (Å²) < 4.78 is 4.81. The average molecular weight is 274 g/mol. The number of anilines is 1. The molecule has 2 fully saturated rings. The van der Waals surface area contributed by atoms with Crippen LogP contribution in [0.3, 0.4) is 0 Å². The molecule has 4 atom stereocenters. The summed E-state index contributed by atoms with van der Waals surface area (Å²) >= 11 is 0. The van der Waals surface area contributed by atoms with Crippen molar-refractivity contribution in [3.8, 4) is 0 Å². The Balaban J connectivity index is 1.73. The second-order valence-corrected chi connectivity index (χ2v) is 6.16. The van der Waals surface area contributed by atoms with Crippen LogP contribution in [-0.2, 0) is 4.74 Å². The van der Waals surface area contributed by atoms with Crippen LogP contribution in [-0.4, -0.2) is 24.1 Å². The summed E-state index contributed by atoms with van der Waals surface area (Å²) in [6.07, 6.45) is 7.20. The van der Waals surface area contributed by atoms with Crippen LogP contribution in [0.1, 0.15) is 43.0 Å². The smallest absolute Gasteiger partial charge is 0.341 e. The van der Waals surface area contributed by atoms with E-state index in [1.54, 1.807) is 18.3 Å². The minimum Gasteiger partial charge on any atom is -0.465 e. The summed E-state index contributed by atoms with van der Waals surface area (Å²) in [5.74, 6) is 2.81. The lowest BCUT2D eigenvalue weighted by Gasteiger charge is -2.29. The van der Waals surface area contributed by atoms with Crippen LogP contribution >= 0.6 is 0 Å². The lowest BCUT2D eigenvalue weighted by Crippen LogP contribution is -2.31. The summed E-state index contributed by atoms with van der Waals surface area (Å²) in [4.78, 5) is 16.1. The molecule has 0 amide bonds. The molecule has 0 saturated heterocycles. The van der Waals surface area contributed by atoms with E-state index in [0.717, 1.165) is 11.8 Å². The van der Waals surface area contributed by atoms with Gasteiger partial charge in [-0.15, -0.1) is 0 Å². The Bertz CT molecular complexity index is 503. The molecule has 1 aromatic rings. The van der Waals surface area contributed by atoms with Gasteiger partial charge in [0.1, 0.15) is 11.4 Å². The Hall–Kier alpha value is -1.58. The predicted molar refractivity (Wildman–Crippen MR) is 77.6 cm³/mol. The summed E-state index contributed by atoms with van der Waals surface area (Å²) in [5.41, 5.74) is 0.519. The number of hydrogen-bond donors (Lipinski definition) is 1. The lowest BCUT2D eigenvalue weighted by molar-refractivity contribution is 0.0601. The first-order chi connectivity index (χ1) is 9.69. The van der Waals surface area contributed by atoms with Crippen molar-refractivity contribution in [2.75, 3.05) is 12.4 Å². The van der Waals surface area contributed by atoms with E-state index in [9.17, 15) is 4.79 Å². The van der Waals surface area contributed by atoms with Crippen molar-refractivity contribution in [3.05, 3.63) is 23.9 Å². The Morgan fingerprint density at radius 1 is 1.45 bits per heavy atom. The van der Waals surface area contributed by atoms with E-state index in [1.165, 1.54) is 32.8 Å². The number of pyridine rings is 1. The van der Waals surface area contributed by atoms with Gasteiger partial charge in [-0.2, -0.15) is 0 Å². The van der Waals surface area contributed by atoms with E-state index in [-0.39, 0.29) is 5.97 Å². The molecule has 2 aliphatic rings. The van der Waals surface area contributed by atoms with Gasteiger partial charge in [0, 0.05) is 12.2 Å². The largest absolute Gasteiger partial charge is 0.465 e. The molecule has 3 rings (SSSR count). The van der Waals surface area contributed by atoms with Crippen LogP contribution in [0.5, 0.6) is 0 Å². The standard InChI is InChI=1S/C16H22N2O2/c1-10(14-9-11-5-6-12(14)8-11)18-15-13(16(19)20-2)4-3-7-17-15/h3-4,7,10-12,14H,5-6,8-9H2,1-2H3,(H,17,18). The highest BCUT2D eigenvalue weighted by Gasteiger charge is 2.42. The van der Waals surface area contributed by atoms with Crippen molar-refractivity contribution in [3.63, 3.8) is 0 Å². The molecule has 0 spiro atoms. The fourth-order valence-corrected chi connectivity index (χ4v) is 4.02. The SMILES string of the molecule is COC(=O)c1cccnc1NC(C)C1CC2CCC1C2. The Kier molecular flexibility index (Phi) is 3.64. The number of carbonyl (C=O) groups excluding carboxylic acids is 1. The number of ether oxygens (including phenoxy) is 1. The number of esters is 1. The summed E-state index contributed by atoms with van der Waals surface area (Å²) in [6.45, 7) is 2.21.